The minimum atomic E-state index is -1.24. The van der Waals surface area contributed by atoms with Gasteiger partial charge in [0.2, 0.25) is 0 Å². The molecular formula is C27H46ClNO2. The van der Waals surface area contributed by atoms with E-state index in [2.05, 4.69) is 34.6 Å². The Morgan fingerprint density at radius 3 is 2.35 bits per heavy atom. The van der Waals surface area contributed by atoms with Gasteiger partial charge in [-0.05, 0) is 96.5 Å². The van der Waals surface area contributed by atoms with Crippen molar-refractivity contribution in [3.05, 3.63) is 10.1 Å². The van der Waals surface area contributed by atoms with Crippen LogP contribution in [0.4, 0.5) is 0 Å². The summed E-state index contributed by atoms with van der Waals surface area (Å²) in [5.74, 6) is 3.53. The van der Waals surface area contributed by atoms with Gasteiger partial charge in [-0.3, -0.25) is 10.1 Å². The van der Waals surface area contributed by atoms with E-state index < -0.39 is 5.00 Å². The molecule has 4 aliphatic carbocycles. The first-order valence-electron chi connectivity index (χ1n) is 13.4. The summed E-state index contributed by atoms with van der Waals surface area (Å²) >= 11 is 7.14. The van der Waals surface area contributed by atoms with Crippen LogP contribution >= 0.6 is 11.6 Å². The molecule has 3 nitrogen and oxygen atoms in total. The molecule has 0 heterocycles. The molecule has 4 saturated carbocycles. The molecule has 31 heavy (non-hydrogen) atoms. The first kappa shape index (κ1) is 23.8. The lowest BCUT2D eigenvalue weighted by Crippen LogP contribution is -2.63. The van der Waals surface area contributed by atoms with Crippen LogP contribution in [0.25, 0.3) is 0 Å². The summed E-state index contributed by atoms with van der Waals surface area (Å²) in [6.07, 6.45) is 14.2. The van der Waals surface area contributed by atoms with Gasteiger partial charge in [0, 0.05) is 11.3 Å². The van der Waals surface area contributed by atoms with Crippen LogP contribution in [-0.2, 0) is 0 Å². The zero-order valence-electron chi connectivity index (χ0n) is 20.7. The SMILES string of the molecule is CC(C)CCC[C@@H](C)[C@@H]1CC[C@@H]2[C@@H]3[C@H](CC[C@@]21C)[C@@]1(C)CCCC[C@@H]1C[C@]3(Cl)[N+](=O)[O-]. The number of hydrogen-bond acceptors (Lipinski definition) is 2. The second kappa shape index (κ2) is 8.48. The predicted octanol–water partition coefficient (Wildman–Crippen LogP) is 8.32. The third-order valence-corrected chi connectivity index (χ3v) is 11.7. The molecule has 0 aliphatic heterocycles. The maximum atomic E-state index is 12.5. The molecule has 0 unspecified atom stereocenters. The summed E-state index contributed by atoms with van der Waals surface area (Å²) < 4.78 is 0. The lowest BCUT2D eigenvalue weighted by molar-refractivity contribution is -0.568. The van der Waals surface area contributed by atoms with Gasteiger partial charge < -0.3 is 0 Å². The fourth-order valence-corrected chi connectivity index (χ4v) is 9.94. The molecule has 0 N–H and O–H groups in total. The van der Waals surface area contributed by atoms with Crippen LogP contribution in [0.15, 0.2) is 0 Å². The van der Waals surface area contributed by atoms with Gasteiger partial charge in [-0.25, -0.2) is 0 Å². The van der Waals surface area contributed by atoms with E-state index in [1.165, 1.54) is 51.4 Å². The number of alkyl halides is 1. The van der Waals surface area contributed by atoms with Gasteiger partial charge in [0.25, 0.3) is 5.00 Å². The van der Waals surface area contributed by atoms with Crippen LogP contribution < -0.4 is 0 Å². The van der Waals surface area contributed by atoms with Crippen LogP contribution in [0.1, 0.15) is 112 Å². The molecule has 4 fully saturated rings. The highest BCUT2D eigenvalue weighted by atomic mass is 35.5. The van der Waals surface area contributed by atoms with E-state index in [1.807, 2.05) is 0 Å². The molecule has 0 aromatic carbocycles. The van der Waals surface area contributed by atoms with Gasteiger partial charge in [0.05, 0.1) is 5.92 Å². The maximum Gasteiger partial charge on any atom is 0.298 e. The Kier molecular flexibility index (Phi) is 6.52. The van der Waals surface area contributed by atoms with E-state index in [-0.39, 0.29) is 21.7 Å². The van der Waals surface area contributed by atoms with E-state index in [4.69, 9.17) is 11.6 Å². The third-order valence-electron chi connectivity index (χ3n) is 11.1. The predicted molar refractivity (Wildman–Crippen MR) is 129 cm³/mol. The minimum absolute atomic E-state index is 0.0501. The lowest BCUT2D eigenvalue weighted by atomic mass is 9.43. The first-order chi connectivity index (χ1) is 14.5. The topological polar surface area (TPSA) is 43.1 Å². The van der Waals surface area contributed by atoms with Crippen molar-refractivity contribution in [2.45, 2.75) is 117 Å². The van der Waals surface area contributed by atoms with Crippen molar-refractivity contribution in [2.24, 2.45) is 52.3 Å². The van der Waals surface area contributed by atoms with Crippen LogP contribution in [-0.4, -0.2) is 9.92 Å². The summed E-state index contributed by atoms with van der Waals surface area (Å²) in [6.45, 7) is 12.1. The van der Waals surface area contributed by atoms with Gasteiger partial charge in [0.15, 0.2) is 0 Å². The molecule has 178 valence electrons. The van der Waals surface area contributed by atoms with Crippen LogP contribution in [0.3, 0.4) is 0 Å². The van der Waals surface area contributed by atoms with Crippen molar-refractivity contribution < 1.29 is 4.92 Å². The quantitative estimate of drug-likeness (QED) is 0.176. The summed E-state index contributed by atoms with van der Waals surface area (Å²) in [4.78, 5) is 11.2. The fraction of sp³-hybridized carbons (Fsp3) is 1.00. The molecular weight excluding hydrogens is 406 g/mol. The molecule has 0 aromatic heterocycles. The molecule has 0 radical (unpaired) electrons. The molecule has 9 atom stereocenters. The Morgan fingerprint density at radius 1 is 0.968 bits per heavy atom. The summed E-state index contributed by atoms with van der Waals surface area (Å²) in [6, 6.07) is 0. The lowest BCUT2D eigenvalue weighted by Gasteiger charge is -2.62. The molecule has 0 bridgehead atoms. The van der Waals surface area contributed by atoms with Gasteiger partial charge in [-0.1, -0.05) is 66.7 Å². The average molecular weight is 452 g/mol. The molecule has 0 spiro atoms. The van der Waals surface area contributed by atoms with Gasteiger partial charge in [-0.2, -0.15) is 0 Å². The third kappa shape index (κ3) is 3.77. The Labute approximate surface area is 195 Å². The standard InChI is InChI=1S/C27H46ClNO2/c1-18(2)9-8-10-19(3)21-12-13-22-24-23(14-16-26(21,22)5)25(4)15-7-6-11-20(25)17-27(24,28)29(30)31/h18-24H,6-17H2,1-5H3/t19-,20-,21+,22-,23+,24-,25+,26-,27+/m1/s1. The molecule has 0 amide bonds. The van der Waals surface area contributed by atoms with E-state index in [0.29, 0.717) is 36.0 Å². The Morgan fingerprint density at radius 2 is 1.68 bits per heavy atom. The van der Waals surface area contributed by atoms with Gasteiger partial charge in [0.1, 0.15) is 0 Å². The summed E-state index contributed by atoms with van der Waals surface area (Å²) in [5, 5.41) is 12.5. The smallest absolute Gasteiger partial charge is 0.263 e. The van der Waals surface area contributed by atoms with E-state index in [0.717, 1.165) is 25.2 Å². The van der Waals surface area contributed by atoms with Crippen molar-refractivity contribution in [3.8, 4) is 0 Å². The highest BCUT2D eigenvalue weighted by Crippen LogP contribution is 2.71. The number of rotatable bonds is 6. The Bertz CT molecular complexity index is 682. The minimum Gasteiger partial charge on any atom is -0.263 e. The van der Waals surface area contributed by atoms with Gasteiger partial charge >= 0.3 is 0 Å². The van der Waals surface area contributed by atoms with Crippen molar-refractivity contribution in [1.29, 1.82) is 0 Å². The number of hydrogen-bond donors (Lipinski definition) is 0. The number of halogens is 1. The van der Waals surface area contributed by atoms with Crippen molar-refractivity contribution in [2.75, 3.05) is 0 Å². The zero-order valence-corrected chi connectivity index (χ0v) is 21.4. The summed E-state index contributed by atoms with van der Waals surface area (Å²) in [5.41, 5.74) is 0.492. The Hall–Kier alpha value is -0.310. The highest BCUT2D eigenvalue weighted by molar-refractivity contribution is 6.23. The summed E-state index contributed by atoms with van der Waals surface area (Å²) in [7, 11) is 0. The van der Waals surface area contributed by atoms with E-state index in [9.17, 15) is 10.1 Å². The first-order valence-corrected chi connectivity index (χ1v) is 13.7. The second-order valence-corrected chi connectivity index (χ2v) is 13.7. The number of nitrogens with zero attached hydrogens (tertiary/aromatic N) is 1. The van der Waals surface area contributed by atoms with Crippen molar-refractivity contribution in [3.63, 3.8) is 0 Å². The highest BCUT2D eigenvalue weighted by Gasteiger charge is 2.70. The normalized spacial score (nSPS) is 48.0. The monoisotopic (exact) mass is 451 g/mol. The molecule has 0 saturated heterocycles. The second-order valence-electron chi connectivity index (χ2n) is 13.0. The molecule has 0 aromatic rings. The van der Waals surface area contributed by atoms with Crippen molar-refractivity contribution in [1.82, 2.24) is 0 Å². The van der Waals surface area contributed by atoms with Crippen LogP contribution in [0.2, 0.25) is 0 Å². The molecule has 4 rings (SSSR count). The molecule has 4 heteroatoms. The Balaban J connectivity index is 1.62. The van der Waals surface area contributed by atoms with Crippen molar-refractivity contribution >= 4 is 11.6 Å². The largest absolute Gasteiger partial charge is 0.298 e. The fourth-order valence-electron chi connectivity index (χ4n) is 9.45. The zero-order chi connectivity index (χ0) is 22.6. The average Bonchev–Trinajstić information content (AvgIpc) is 3.05. The molecule has 4 aliphatic rings. The van der Waals surface area contributed by atoms with Crippen LogP contribution in [0.5, 0.6) is 0 Å². The number of nitro groups is 1. The van der Waals surface area contributed by atoms with E-state index in [1.54, 1.807) is 0 Å². The van der Waals surface area contributed by atoms with E-state index >= 15 is 0 Å². The maximum absolute atomic E-state index is 12.5. The number of fused-ring (bicyclic) bond motifs is 5. The van der Waals surface area contributed by atoms with Gasteiger partial charge in [-0.15, -0.1) is 0 Å². The van der Waals surface area contributed by atoms with Crippen LogP contribution in [0, 0.1) is 62.4 Å².